The van der Waals surface area contributed by atoms with Gasteiger partial charge in [0.05, 0.1) is 41.6 Å². The predicted molar refractivity (Wildman–Crippen MR) is 177 cm³/mol. The van der Waals surface area contributed by atoms with E-state index in [9.17, 15) is 26.7 Å². The summed E-state index contributed by atoms with van der Waals surface area (Å²) >= 11 is 0. The number of hydrogen-bond donors (Lipinski definition) is 2. The van der Waals surface area contributed by atoms with E-state index >= 15 is 0 Å². The molecular formula is C32H45N5O8S2. The molecular weight excluding hydrogens is 647 g/mol. The van der Waals surface area contributed by atoms with Crippen molar-refractivity contribution in [2.45, 2.75) is 68.2 Å². The second kappa shape index (κ2) is 15.6. The number of carbonyl (C=O) groups excluding carboxylic acids is 1. The summed E-state index contributed by atoms with van der Waals surface area (Å²) in [5, 5.41) is 10.1. The first-order valence-electron chi connectivity index (χ1n) is 15.6. The van der Waals surface area contributed by atoms with Crippen molar-refractivity contribution in [3.63, 3.8) is 0 Å². The lowest BCUT2D eigenvalue weighted by Crippen LogP contribution is -2.48. The second-order valence-electron chi connectivity index (χ2n) is 12.1. The van der Waals surface area contributed by atoms with Crippen molar-refractivity contribution in [2.75, 3.05) is 38.1 Å². The number of aromatic nitrogens is 2. The summed E-state index contributed by atoms with van der Waals surface area (Å²) in [5.74, 6) is -0.564. The Labute approximate surface area is 277 Å². The summed E-state index contributed by atoms with van der Waals surface area (Å²) in [4.78, 5) is 19.9. The molecule has 1 aliphatic heterocycles. The van der Waals surface area contributed by atoms with Crippen LogP contribution < -0.4 is 9.46 Å². The summed E-state index contributed by atoms with van der Waals surface area (Å²) in [6.07, 6.45) is 4.10. The van der Waals surface area contributed by atoms with E-state index in [-0.39, 0.29) is 52.9 Å². The van der Waals surface area contributed by atoms with Crippen LogP contribution in [-0.2, 0) is 31.8 Å². The van der Waals surface area contributed by atoms with E-state index in [1.807, 2.05) is 13.8 Å². The van der Waals surface area contributed by atoms with E-state index in [2.05, 4.69) is 9.71 Å². The third-order valence-electron chi connectivity index (χ3n) is 8.15. The van der Waals surface area contributed by atoms with Crippen LogP contribution in [-0.4, -0.2) is 98.2 Å². The lowest BCUT2D eigenvalue weighted by Gasteiger charge is -2.35. The average Bonchev–Trinajstić information content (AvgIpc) is 3.49. The lowest BCUT2D eigenvalue weighted by atomic mass is 10.0. The second-order valence-corrected chi connectivity index (χ2v) is 15.8. The zero-order valence-electron chi connectivity index (χ0n) is 27.4. The number of benzene rings is 2. The van der Waals surface area contributed by atoms with Gasteiger partial charge >= 0.3 is 0 Å². The van der Waals surface area contributed by atoms with Gasteiger partial charge in [0.15, 0.2) is 5.03 Å². The van der Waals surface area contributed by atoms with Crippen LogP contribution in [0.25, 0.3) is 0 Å². The van der Waals surface area contributed by atoms with Crippen LogP contribution in [0.4, 0.5) is 5.69 Å². The topological polar surface area (TPSA) is 160 Å². The Kier molecular flexibility index (Phi) is 12.1. The number of imidazole rings is 1. The van der Waals surface area contributed by atoms with Gasteiger partial charge in [-0.05, 0) is 63.4 Å². The number of rotatable bonds is 9. The van der Waals surface area contributed by atoms with Crippen molar-refractivity contribution in [2.24, 2.45) is 13.0 Å². The number of likely N-dealkylation sites (N-methyl/N-ethyl adjacent to an activating group) is 1. The van der Waals surface area contributed by atoms with Gasteiger partial charge in [-0.1, -0.05) is 25.1 Å². The van der Waals surface area contributed by atoms with Gasteiger partial charge in [-0.2, -0.15) is 4.31 Å². The molecule has 4 atom stereocenters. The van der Waals surface area contributed by atoms with E-state index in [4.69, 9.17) is 9.47 Å². The lowest BCUT2D eigenvalue weighted by molar-refractivity contribution is -0.00835. The maximum absolute atomic E-state index is 14.3. The van der Waals surface area contributed by atoms with E-state index in [1.54, 1.807) is 48.9 Å². The number of aryl methyl sites for hydroxylation is 1. The van der Waals surface area contributed by atoms with Gasteiger partial charge < -0.3 is 24.0 Å². The van der Waals surface area contributed by atoms with E-state index in [0.717, 1.165) is 6.42 Å². The number of amides is 1. The molecule has 15 heteroatoms. The molecule has 0 unspecified atom stereocenters. The third kappa shape index (κ3) is 9.11. The van der Waals surface area contributed by atoms with Crippen molar-refractivity contribution in [3.8, 4) is 5.75 Å². The Morgan fingerprint density at radius 3 is 2.49 bits per heavy atom. The predicted octanol–water partition coefficient (Wildman–Crippen LogP) is 3.34. The van der Waals surface area contributed by atoms with Crippen LogP contribution in [0.1, 0.15) is 50.4 Å². The van der Waals surface area contributed by atoms with E-state index in [0.29, 0.717) is 25.2 Å². The number of carbonyl (C=O) groups is 1. The molecule has 3 aromatic rings. The first-order valence-corrected chi connectivity index (χ1v) is 18.5. The molecule has 0 aliphatic carbocycles. The number of ether oxygens (including phenoxy) is 2. The van der Waals surface area contributed by atoms with Gasteiger partial charge in [-0.3, -0.25) is 9.52 Å². The molecule has 47 heavy (non-hydrogen) atoms. The summed E-state index contributed by atoms with van der Waals surface area (Å²) in [6, 6.07) is 11.8. The summed E-state index contributed by atoms with van der Waals surface area (Å²) < 4.78 is 70.6. The summed E-state index contributed by atoms with van der Waals surface area (Å²) in [5.41, 5.74) is 0.299. The van der Waals surface area contributed by atoms with Crippen LogP contribution in [0.2, 0.25) is 0 Å². The number of aliphatic hydroxyl groups excluding tert-OH is 1. The standard InChI is InChI=1S/C32H45N5O8S2/c1-23-18-37(24(2)21-38)32(39)28-17-26(34-46(40,41)27-12-7-6-8-13-27)14-15-29(28)45-25(3)11-9-10-16-44-30(23)19-36(5)47(42,43)31-20-35(4)22-33-31/h6-8,12-15,17,20,22-25,30,34,38H,9-11,16,18-19,21H2,1-5H3/t23-,24-,25+,30-/m0/s1. The SMILES string of the molecule is C[C@@H]1CCCCO[C@@H](CN(C)S(=O)(=O)c2cn(C)cn2)[C@@H](C)CN([C@@H](C)CO)C(=O)c2cc(NS(=O)(=O)c3ccccc3)ccc2O1. The number of nitrogens with zero attached hydrogens (tertiary/aromatic N) is 4. The minimum Gasteiger partial charge on any atom is -0.490 e. The van der Waals surface area contributed by atoms with Gasteiger partial charge in [0.1, 0.15) is 5.75 Å². The third-order valence-corrected chi connectivity index (χ3v) is 11.3. The molecule has 1 aliphatic rings. The monoisotopic (exact) mass is 691 g/mol. The molecule has 4 rings (SSSR count). The van der Waals surface area contributed by atoms with Crippen molar-refractivity contribution in [3.05, 3.63) is 66.6 Å². The highest BCUT2D eigenvalue weighted by molar-refractivity contribution is 7.92. The highest BCUT2D eigenvalue weighted by Gasteiger charge is 2.33. The molecule has 2 aromatic carbocycles. The highest BCUT2D eigenvalue weighted by Crippen LogP contribution is 2.30. The van der Waals surface area contributed by atoms with E-state index in [1.165, 1.54) is 47.0 Å². The largest absolute Gasteiger partial charge is 0.490 e. The fraction of sp³-hybridized carbons (Fsp3) is 0.500. The molecule has 13 nitrogen and oxygen atoms in total. The minimum atomic E-state index is -3.94. The highest BCUT2D eigenvalue weighted by atomic mass is 32.2. The van der Waals surface area contributed by atoms with E-state index < -0.39 is 38.1 Å². The van der Waals surface area contributed by atoms with Crippen molar-refractivity contribution >= 4 is 31.6 Å². The smallest absolute Gasteiger partial charge is 0.261 e. The zero-order chi connectivity index (χ0) is 34.4. The van der Waals surface area contributed by atoms with Gasteiger partial charge in [0.2, 0.25) is 0 Å². The number of anilines is 1. The normalized spacial score (nSPS) is 21.0. The maximum Gasteiger partial charge on any atom is 0.261 e. The molecule has 2 N–H and O–H groups in total. The molecule has 258 valence electrons. The number of hydrogen-bond acceptors (Lipinski definition) is 9. The quantitative estimate of drug-likeness (QED) is 0.343. The van der Waals surface area contributed by atoms with Gasteiger partial charge in [0, 0.05) is 51.6 Å². The fourth-order valence-electron chi connectivity index (χ4n) is 5.30. The van der Waals surface area contributed by atoms with Crippen molar-refractivity contribution < 1.29 is 36.2 Å². The Morgan fingerprint density at radius 1 is 1.11 bits per heavy atom. The first kappa shape index (κ1) is 36.3. The zero-order valence-corrected chi connectivity index (χ0v) is 29.1. The fourth-order valence-corrected chi connectivity index (χ4v) is 7.51. The minimum absolute atomic E-state index is 0.0110. The Bertz CT molecular complexity index is 1720. The van der Waals surface area contributed by atoms with Crippen LogP contribution in [0, 0.1) is 5.92 Å². The first-order chi connectivity index (χ1) is 22.2. The molecule has 1 amide bonds. The molecule has 1 aromatic heterocycles. The van der Waals surface area contributed by atoms with Gasteiger partial charge in [-0.15, -0.1) is 0 Å². The number of nitrogens with one attached hydrogen (secondary N) is 1. The number of aliphatic hydroxyl groups is 1. The maximum atomic E-state index is 14.3. The van der Waals surface area contributed by atoms with Crippen LogP contribution >= 0.6 is 0 Å². The Hall–Kier alpha value is -3.50. The Morgan fingerprint density at radius 2 is 1.83 bits per heavy atom. The van der Waals surface area contributed by atoms with Crippen molar-refractivity contribution in [1.82, 2.24) is 18.8 Å². The molecule has 0 saturated heterocycles. The molecule has 0 radical (unpaired) electrons. The average molecular weight is 692 g/mol. The van der Waals surface area contributed by atoms with Crippen molar-refractivity contribution in [1.29, 1.82) is 0 Å². The van der Waals surface area contributed by atoms with Crippen LogP contribution in [0.15, 0.2) is 71.0 Å². The number of sulfonamides is 2. The summed E-state index contributed by atoms with van der Waals surface area (Å²) in [7, 11) is -4.69. The van der Waals surface area contributed by atoms with Gasteiger partial charge in [-0.25, -0.2) is 21.8 Å². The number of fused-ring (bicyclic) bond motifs is 1. The Balaban J connectivity index is 1.68. The molecule has 0 bridgehead atoms. The van der Waals surface area contributed by atoms with Gasteiger partial charge in [0.25, 0.3) is 26.0 Å². The molecule has 0 fully saturated rings. The molecule has 0 spiro atoms. The van der Waals surface area contributed by atoms with Crippen LogP contribution in [0.5, 0.6) is 5.75 Å². The molecule has 2 heterocycles. The molecule has 0 saturated carbocycles. The summed E-state index contributed by atoms with van der Waals surface area (Å²) in [6.45, 7) is 5.62. The van der Waals surface area contributed by atoms with Crippen LogP contribution in [0.3, 0.4) is 0 Å².